The van der Waals surface area contributed by atoms with Gasteiger partial charge >= 0.3 is 5.97 Å². The highest BCUT2D eigenvalue weighted by Crippen LogP contribution is 2.43. The summed E-state index contributed by atoms with van der Waals surface area (Å²) in [6.45, 7) is 8.25. The fourth-order valence-corrected chi connectivity index (χ4v) is 3.53. The van der Waals surface area contributed by atoms with Crippen LogP contribution in [0.4, 0.5) is 0 Å². The lowest BCUT2D eigenvalue weighted by Gasteiger charge is -2.42. The third kappa shape index (κ3) is 4.48. The second kappa shape index (κ2) is 6.61. The molecule has 1 aliphatic carbocycles. The van der Waals surface area contributed by atoms with Crippen molar-refractivity contribution in [3.8, 4) is 5.75 Å². The fraction of sp³-hybridized carbons (Fsp3) is 0.611. The molecule has 1 aromatic rings. The first-order valence-corrected chi connectivity index (χ1v) is 8.64. The van der Waals surface area contributed by atoms with Gasteiger partial charge in [-0.1, -0.05) is 42.8 Å². The smallest absolute Gasteiger partial charge is 0.305 e. The number of benzene rings is 1. The quantitative estimate of drug-likeness (QED) is 0.534. The molecule has 0 amide bonds. The van der Waals surface area contributed by atoms with E-state index in [4.69, 9.17) is 9.47 Å². The molecule has 0 spiro atoms. The topological polar surface area (TPSA) is 35.5 Å². The molecule has 0 aliphatic heterocycles. The van der Waals surface area contributed by atoms with Crippen molar-refractivity contribution in [3.63, 3.8) is 0 Å². The molecule has 0 aromatic heterocycles. The number of hydrogen-bond donors (Lipinski definition) is 0. The van der Waals surface area contributed by atoms with Crippen LogP contribution in [-0.4, -0.2) is 11.8 Å². The van der Waals surface area contributed by atoms with Gasteiger partial charge in [-0.25, -0.2) is 0 Å². The number of ether oxygens (including phenoxy) is 2. The van der Waals surface area contributed by atoms with Crippen molar-refractivity contribution in [2.75, 3.05) is 0 Å². The first-order valence-electron chi connectivity index (χ1n) is 7.84. The lowest BCUT2D eigenvalue weighted by Crippen LogP contribution is -2.45. The average Bonchev–Trinajstić information content (AvgIpc) is 2.37. The molecule has 0 bridgehead atoms. The van der Waals surface area contributed by atoms with Crippen LogP contribution in [-0.2, 0) is 9.53 Å². The Morgan fingerprint density at radius 1 is 1.27 bits per heavy atom. The molecule has 22 heavy (non-hydrogen) atoms. The predicted molar refractivity (Wildman–Crippen MR) is 90.7 cm³/mol. The third-order valence-corrected chi connectivity index (χ3v) is 4.90. The Balaban J connectivity index is 2.15. The Hall–Kier alpha value is -1.03. The molecule has 1 saturated carbocycles. The molecule has 0 N–H and O–H groups in total. The van der Waals surface area contributed by atoms with Crippen LogP contribution in [0.2, 0.25) is 0 Å². The minimum absolute atomic E-state index is 0.276. The van der Waals surface area contributed by atoms with Gasteiger partial charge in [0.1, 0.15) is 5.75 Å². The molecule has 3 nitrogen and oxygen atoms in total. The zero-order chi connectivity index (χ0) is 16.4. The molecule has 0 radical (unpaired) electrons. The number of esters is 1. The second-order valence-corrected chi connectivity index (χ2v) is 8.12. The van der Waals surface area contributed by atoms with E-state index in [1.165, 1.54) is 6.92 Å². The molecule has 122 valence electrons. The van der Waals surface area contributed by atoms with Crippen LogP contribution < -0.4 is 4.74 Å². The van der Waals surface area contributed by atoms with Crippen LogP contribution in [0, 0.1) is 11.3 Å². The van der Waals surface area contributed by atoms with Crippen molar-refractivity contribution in [3.05, 3.63) is 28.7 Å². The van der Waals surface area contributed by atoms with Crippen molar-refractivity contribution < 1.29 is 14.3 Å². The average molecular weight is 369 g/mol. The summed E-state index contributed by atoms with van der Waals surface area (Å²) in [4.78, 5) is 11.5. The van der Waals surface area contributed by atoms with Gasteiger partial charge in [0.2, 0.25) is 0 Å². The number of carbonyl (C=O) groups excluding carboxylic acids is 1. The molecular weight excluding hydrogens is 344 g/mol. The first kappa shape index (κ1) is 17.3. The largest absolute Gasteiger partial charge is 0.452 e. The Kier molecular flexibility index (Phi) is 5.21. The highest BCUT2D eigenvalue weighted by atomic mass is 79.9. The lowest BCUT2D eigenvalue weighted by atomic mass is 9.71. The minimum atomic E-state index is -0.825. The van der Waals surface area contributed by atoms with Crippen LogP contribution in [0.3, 0.4) is 0 Å². The zero-order valence-corrected chi connectivity index (χ0v) is 15.4. The monoisotopic (exact) mass is 368 g/mol. The van der Waals surface area contributed by atoms with Crippen LogP contribution >= 0.6 is 15.9 Å². The van der Waals surface area contributed by atoms with Crippen molar-refractivity contribution in [2.24, 2.45) is 11.3 Å². The molecular formula is C18H25BrO3. The highest BCUT2D eigenvalue weighted by molar-refractivity contribution is 9.10. The summed E-state index contributed by atoms with van der Waals surface area (Å²) in [5.74, 6) is 0.241. The Morgan fingerprint density at radius 3 is 2.41 bits per heavy atom. The van der Waals surface area contributed by atoms with Crippen molar-refractivity contribution in [2.45, 2.75) is 59.2 Å². The number of hydrogen-bond acceptors (Lipinski definition) is 3. The number of halogens is 1. The minimum Gasteiger partial charge on any atom is -0.452 e. The molecule has 1 fully saturated rings. The maximum Gasteiger partial charge on any atom is 0.305 e. The Morgan fingerprint density at radius 2 is 1.91 bits per heavy atom. The molecule has 1 aromatic carbocycles. The number of rotatable bonds is 3. The highest BCUT2D eigenvalue weighted by Gasteiger charge is 2.43. The second-order valence-electron chi connectivity index (χ2n) is 7.20. The Bertz CT molecular complexity index is 525. The summed E-state index contributed by atoms with van der Waals surface area (Å²) in [6.07, 6.45) is 3.48. The molecule has 2 rings (SSSR count). The molecule has 0 heterocycles. The van der Waals surface area contributed by atoms with E-state index in [0.717, 1.165) is 35.9 Å². The van der Waals surface area contributed by atoms with E-state index in [-0.39, 0.29) is 11.4 Å². The van der Waals surface area contributed by atoms with Crippen molar-refractivity contribution in [1.82, 2.24) is 0 Å². The van der Waals surface area contributed by atoms with E-state index in [1.807, 2.05) is 24.3 Å². The maximum atomic E-state index is 11.5. The van der Waals surface area contributed by atoms with E-state index in [0.29, 0.717) is 5.92 Å². The van der Waals surface area contributed by atoms with Gasteiger partial charge < -0.3 is 9.47 Å². The normalized spacial score (nSPS) is 25.6. The van der Waals surface area contributed by atoms with E-state index in [1.54, 1.807) is 0 Å². The third-order valence-electron chi connectivity index (χ3n) is 4.40. The molecule has 0 atom stereocenters. The fourth-order valence-electron chi connectivity index (χ4n) is 3.16. The lowest BCUT2D eigenvalue weighted by molar-refractivity contribution is -0.211. The molecule has 0 saturated heterocycles. The summed E-state index contributed by atoms with van der Waals surface area (Å²) < 4.78 is 12.7. The van der Waals surface area contributed by atoms with Gasteiger partial charge in [0.05, 0.1) is 0 Å². The van der Waals surface area contributed by atoms with Crippen molar-refractivity contribution >= 4 is 21.9 Å². The summed E-state index contributed by atoms with van der Waals surface area (Å²) in [5.41, 5.74) is 0.276. The zero-order valence-electron chi connectivity index (χ0n) is 13.8. The van der Waals surface area contributed by atoms with E-state index >= 15 is 0 Å². The van der Waals surface area contributed by atoms with Gasteiger partial charge in [-0.05, 0) is 42.4 Å². The van der Waals surface area contributed by atoms with Gasteiger partial charge in [-0.15, -0.1) is 0 Å². The predicted octanol–water partition coefficient (Wildman–Crippen LogP) is 5.32. The molecule has 1 aliphatic rings. The van der Waals surface area contributed by atoms with E-state index in [2.05, 4.69) is 36.7 Å². The summed E-state index contributed by atoms with van der Waals surface area (Å²) in [6, 6.07) is 7.66. The summed E-state index contributed by atoms with van der Waals surface area (Å²) >= 11 is 3.44. The SMILES string of the molecule is CC(=O)OC1(Oc2cccc(Br)c2)CCC(C(C)(C)C)CC1. The van der Waals surface area contributed by atoms with Crippen LogP contribution in [0.25, 0.3) is 0 Å². The number of carbonyl (C=O) groups is 1. The molecule has 4 heteroatoms. The van der Waals surface area contributed by atoms with Gasteiger partial charge in [0, 0.05) is 24.2 Å². The maximum absolute atomic E-state index is 11.5. The molecule has 0 unspecified atom stereocenters. The van der Waals surface area contributed by atoms with Crippen LogP contribution in [0.1, 0.15) is 53.4 Å². The summed E-state index contributed by atoms with van der Waals surface area (Å²) in [7, 11) is 0. The van der Waals surface area contributed by atoms with Crippen LogP contribution in [0.15, 0.2) is 28.7 Å². The summed E-state index contributed by atoms with van der Waals surface area (Å²) in [5, 5.41) is 0. The Labute approximate surface area is 141 Å². The van der Waals surface area contributed by atoms with Gasteiger partial charge in [0.25, 0.3) is 5.79 Å². The standard InChI is InChI=1S/C18H25BrO3/c1-13(20)21-18(22-16-7-5-6-15(19)12-16)10-8-14(9-11-18)17(2,3)4/h5-7,12,14H,8-11H2,1-4H3. The first-order chi connectivity index (χ1) is 10.2. The van der Waals surface area contributed by atoms with Gasteiger partial charge in [0.15, 0.2) is 0 Å². The van der Waals surface area contributed by atoms with E-state index < -0.39 is 5.79 Å². The van der Waals surface area contributed by atoms with Crippen molar-refractivity contribution in [1.29, 1.82) is 0 Å². The van der Waals surface area contributed by atoms with Crippen LogP contribution in [0.5, 0.6) is 5.75 Å². The van der Waals surface area contributed by atoms with Gasteiger partial charge in [-0.3, -0.25) is 4.79 Å². The van der Waals surface area contributed by atoms with Gasteiger partial charge in [-0.2, -0.15) is 0 Å². The van der Waals surface area contributed by atoms with E-state index in [9.17, 15) is 4.79 Å².